The Morgan fingerprint density at radius 1 is 1.15 bits per heavy atom. The van der Waals surface area contributed by atoms with Gasteiger partial charge in [0.2, 0.25) is 0 Å². The molecule has 1 aliphatic rings. The second-order valence-corrected chi connectivity index (χ2v) is 4.16. The predicted octanol–water partition coefficient (Wildman–Crippen LogP) is 2.30. The standard InChI is InChI=1S/C11H20O2/c1-9(12)11(13)10-7-5-3-2-4-6-8-10/h10-11,13H,2-8H2,1H3. The number of carbonyl (C=O) groups is 1. The van der Waals surface area contributed by atoms with Crippen LogP contribution < -0.4 is 0 Å². The Labute approximate surface area is 80.3 Å². The Morgan fingerprint density at radius 2 is 1.62 bits per heavy atom. The van der Waals surface area contributed by atoms with E-state index in [2.05, 4.69) is 0 Å². The summed E-state index contributed by atoms with van der Waals surface area (Å²) < 4.78 is 0. The molecule has 1 saturated carbocycles. The number of aliphatic hydroxyl groups is 1. The van der Waals surface area contributed by atoms with Crippen LogP contribution in [0.3, 0.4) is 0 Å². The third-order valence-electron chi connectivity index (χ3n) is 3.01. The first-order valence-corrected chi connectivity index (χ1v) is 5.40. The van der Waals surface area contributed by atoms with Crippen LogP contribution in [0.4, 0.5) is 0 Å². The highest BCUT2D eigenvalue weighted by Crippen LogP contribution is 2.25. The van der Waals surface area contributed by atoms with E-state index in [1.807, 2.05) is 0 Å². The summed E-state index contributed by atoms with van der Waals surface area (Å²) in [6, 6.07) is 0. The lowest BCUT2D eigenvalue weighted by molar-refractivity contribution is -0.127. The molecule has 2 heteroatoms. The lowest BCUT2D eigenvalue weighted by Crippen LogP contribution is -2.28. The summed E-state index contributed by atoms with van der Waals surface area (Å²) in [5, 5.41) is 9.62. The van der Waals surface area contributed by atoms with Crippen molar-refractivity contribution in [3.8, 4) is 0 Å². The lowest BCUT2D eigenvalue weighted by Gasteiger charge is -2.22. The molecule has 0 aromatic rings. The maximum absolute atomic E-state index is 11.0. The van der Waals surface area contributed by atoms with Crippen LogP contribution in [0.2, 0.25) is 0 Å². The van der Waals surface area contributed by atoms with Gasteiger partial charge in [0.15, 0.2) is 5.78 Å². The van der Waals surface area contributed by atoms with Crippen LogP contribution in [0, 0.1) is 5.92 Å². The molecule has 1 atom stereocenters. The molecule has 0 aromatic heterocycles. The Balaban J connectivity index is 2.40. The number of hydrogen-bond donors (Lipinski definition) is 1. The summed E-state index contributed by atoms with van der Waals surface area (Å²) in [7, 11) is 0. The number of Topliss-reactive ketones (excluding diaryl/α,β-unsaturated/α-hetero) is 1. The second-order valence-electron chi connectivity index (χ2n) is 4.16. The second kappa shape index (κ2) is 5.38. The third-order valence-corrected chi connectivity index (χ3v) is 3.01. The maximum Gasteiger partial charge on any atom is 0.158 e. The summed E-state index contributed by atoms with van der Waals surface area (Å²) in [5.41, 5.74) is 0. The highest BCUT2D eigenvalue weighted by atomic mass is 16.3. The van der Waals surface area contributed by atoms with Gasteiger partial charge in [-0.25, -0.2) is 0 Å². The highest BCUT2D eigenvalue weighted by Gasteiger charge is 2.22. The van der Waals surface area contributed by atoms with Crippen LogP contribution in [0.25, 0.3) is 0 Å². The predicted molar refractivity (Wildman–Crippen MR) is 52.5 cm³/mol. The molecule has 1 unspecified atom stereocenters. The molecular formula is C11H20O2. The topological polar surface area (TPSA) is 37.3 Å². The average molecular weight is 184 g/mol. The van der Waals surface area contributed by atoms with Crippen LogP contribution >= 0.6 is 0 Å². The zero-order valence-corrected chi connectivity index (χ0v) is 8.46. The summed E-state index contributed by atoms with van der Waals surface area (Å²) in [5.74, 6) is 0.170. The van der Waals surface area contributed by atoms with Gasteiger partial charge in [-0.2, -0.15) is 0 Å². The number of hydrogen-bond acceptors (Lipinski definition) is 2. The van der Waals surface area contributed by atoms with Crippen LogP contribution in [0.15, 0.2) is 0 Å². The van der Waals surface area contributed by atoms with Crippen molar-refractivity contribution in [3.05, 3.63) is 0 Å². The van der Waals surface area contributed by atoms with E-state index < -0.39 is 6.10 Å². The van der Waals surface area contributed by atoms with Crippen LogP contribution in [-0.2, 0) is 4.79 Å². The molecule has 13 heavy (non-hydrogen) atoms. The number of carbonyl (C=O) groups excluding carboxylic acids is 1. The van der Waals surface area contributed by atoms with E-state index in [4.69, 9.17) is 0 Å². The Hall–Kier alpha value is -0.370. The van der Waals surface area contributed by atoms with Gasteiger partial charge in [-0.05, 0) is 25.7 Å². The molecule has 0 radical (unpaired) electrons. The summed E-state index contributed by atoms with van der Waals surface area (Å²) in [4.78, 5) is 11.0. The van der Waals surface area contributed by atoms with Gasteiger partial charge in [0, 0.05) is 0 Å². The number of ketones is 1. The van der Waals surface area contributed by atoms with Crippen molar-refractivity contribution in [2.75, 3.05) is 0 Å². The quantitative estimate of drug-likeness (QED) is 0.715. The molecule has 76 valence electrons. The van der Waals surface area contributed by atoms with Crippen molar-refractivity contribution in [3.63, 3.8) is 0 Å². The lowest BCUT2D eigenvalue weighted by atomic mass is 9.86. The number of aliphatic hydroxyl groups excluding tert-OH is 1. The average Bonchev–Trinajstić information content (AvgIpc) is 2.02. The molecule has 2 nitrogen and oxygen atoms in total. The fraction of sp³-hybridized carbons (Fsp3) is 0.909. The minimum atomic E-state index is -0.696. The van der Waals surface area contributed by atoms with Crippen molar-refractivity contribution in [2.24, 2.45) is 5.92 Å². The van der Waals surface area contributed by atoms with Gasteiger partial charge in [-0.15, -0.1) is 0 Å². The Bertz CT molecular complexity index is 157. The van der Waals surface area contributed by atoms with E-state index in [0.717, 1.165) is 12.8 Å². The molecule has 0 bridgehead atoms. The molecular weight excluding hydrogens is 164 g/mol. The van der Waals surface area contributed by atoms with Crippen molar-refractivity contribution in [2.45, 2.75) is 58.0 Å². The van der Waals surface area contributed by atoms with Crippen molar-refractivity contribution in [1.29, 1.82) is 0 Å². The molecule has 1 aliphatic carbocycles. The first-order chi connectivity index (χ1) is 6.22. The highest BCUT2D eigenvalue weighted by molar-refractivity contribution is 5.80. The molecule has 0 heterocycles. The van der Waals surface area contributed by atoms with Gasteiger partial charge in [-0.3, -0.25) is 4.79 Å². The molecule has 1 fully saturated rings. The van der Waals surface area contributed by atoms with E-state index in [0.29, 0.717) is 0 Å². The third kappa shape index (κ3) is 3.47. The van der Waals surface area contributed by atoms with Gasteiger partial charge < -0.3 is 5.11 Å². The number of rotatable bonds is 2. The van der Waals surface area contributed by atoms with Crippen molar-refractivity contribution in [1.82, 2.24) is 0 Å². The summed E-state index contributed by atoms with van der Waals surface area (Å²) in [6.07, 6.45) is 7.56. The normalized spacial score (nSPS) is 23.2. The molecule has 1 rings (SSSR count). The van der Waals surface area contributed by atoms with Gasteiger partial charge in [0.05, 0.1) is 0 Å². The Kier molecular flexibility index (Phi) is 4.43. The van der Waals surface area contributed by atoms with E-state index in [1.54, 1.807) is 0 Å². The molecule has 0 aliphatic heterocycles. The summed E-state index contributed by atoms with van der Waals surface area (Å²) in [6.45, 7) is 1.49. The van der Waals surface area contributed by atoms with Gasteiger partial charge in [-0.1, -0.05) is 32.1 Å². The van der Waals surface area contributed by atoms with Gasteiger partial charge >= 0.3 is 0 Å². The first kappa shape index (κ1) is 10.7. The van der Waals surface area contributed by atoms with E-state index >= 15 is 0 Å². The molecule has 0 aromatic carbocycles. The smallest absolute Gasteiger partial charge is 0.158 e. The maximum atomic E-state index is 11.0. The van der Waals surface area contributed by atoms with E-state index in [-0.39, 0.29) is 11.7 Å². The minimum absolute atomic E-state index is 0.0643. The summed E-state index contributed by atoms with van der Waals surface area (Å²) >= 11 is 0. The van der Waals surface area contributed by atoms with Crippen LogP contribution in [0.5, 0.6) is 0 Å². The van der Waals surface area contributed by atoms with Crippen LogP contribution in [0.1, 0.15) is 51.9 Å². The Morgan fingerprint density at radius 3 is 2.08 bits per heavy atom. The fourth-order valence-corrected chi connectivity index (χ4v) is 2.14. The van der Waals surface area contributed by atoms with Gasteiger partial charge in [0.1, 0.15) is 6.10 Å². The fourth-order valence-electron chi connectivity index (χ4n) is 2.14. The molecule has 0 spiro atoms. The molecule has 0 amide bonds. The minimum Gasteiger partial charge on any atom is -0.385 e. The molecule has 1 N–H and O–H groups in total. The van der Waals surface area contributed by atoms with E-state index in [1.165, 1.54) is 39.0 Å². The van der Waals surface area contributed by atoms with Gasteiger partial charge in [0.25, 0.3) is 0 Å². The largest absolute Gasteiger partial charge is 0.385 e. The zero-order valence-electron chi connectivity index (χ0n) is 8.46. The monoisotopic (exact) mass is 184 g/mol. The SMILES string of the molecule is CC(=O)C(O)C1CCCCCCC1. The zero-order chi connectivity index (χ0) is 9.68. The first-order valence-electron chi connectivity index (χ1n) is 5.40. The van der Waals surface area contributed by atoms with Crippen molar-refractivity contribution >= 4 is 5.78 Å². The van der Waals surface area contributed by atoms with Crippen LogP contribution in [-0.4, -0.2) is 17.0 Å². The van der Waals surface area contributed by atoms with E-state index in [9.17, 15) is 9.90 Å². The molecule has 0 saturated heterocycles. The van der Waals surface area contributed by atoms with Crippen molar-refractivity contribution < 1.29 is 9.90 Å².